The molecule has 116 heavy (non-hydrogen) atoms. The fourth-order valence-corrected chi connectivity index (χ4v) is 18.0. The standard InChI is InChI=1S/C36H20BrN3.C34H20BrF2N.C33H23BrN4/c37-34-20-10-27-8-18-32-31(17-7-26-9-19-33(34)36(27)35(26)32)25-5-15-30(16-6-25)40(28-11-1-23(21-38)2-12-28)29-13-3-24(22-39)4-14-29;35-28-20-14-23-12-18-26-25(17-11-22-13-19-27(28)34(23)33(22)26)21-9-15-24(16-10-21)38(31-7-3-1-5-29(31)36)32-8-4-2-6-30(32)37;1-20-35-21(2)37-33(36-20)38(25-6-4-3-5-7-25)26-14-8-22(9-15-26)27-16-10-23-12-18-29-30(34)19-13-24-11-17-28(27)31(23)32(24)29/h1-20H;1-20H;3-19H,1-2H3. The topological polar surface area (TPSA) is 96.0 Å². The van der Waals surface area contributed by atoms with Crippen LogP contribution in [0.3, 0.4) is 0 Å². The zero-order valence-corrected chi connectivity index (χ0v) is 67.1. The molecule has 0 aliphatic carbocycles. The van der Waals surface area contributed by atoms with Gasteiger partial charge >= 0.3 is 0 Å². The molecule has 20 aromatic carbocycles. The molecule has 13 heteroatoms. The van der Waals surface area contributed by atoms with Gasteiger partial charge in [0.25, 0.3) is 0 Å². The lowest BCUT2D eigenvalue weighted by molar-refractivity contribution is 0.619. The first kappa shape index (κ1) is 72.5. The summed E-state index contributed by atoms with van der Waals surface area (Å²) >= 11 is 11.2. The van der Waals surface area contributed by atoms with Gasteiger partial charge in [-0.1, -0.05) is 254 Å². The summed E-state index contributed by atoms with van der Waals surface area (Å²) in [7, 11) is 0. The third-order valence-corrected chi connectivity index (χ3v) is 24.0. The number of benzene rings is 20. The van der Waals surface area contributed by atoms with Crippen LogP contribution in [0.4, 0.5) is 60.2 Å². The van der Waals surface area contributed by atoms with Gasteiger partial charge in [-0.25, -0.2) is 13.8 Å². The number of nitrogens with zero attached hydrogens (tertiary/aromatic N) is 8. The summed E-state index contributed by atoms with van der Waals surface area (Å²) in [5.74, 6) is 1.17. The molecule has 21 aromatic rings. The molecule has 0 unspecified atom stereocenters. The number of rotatable bonds is 12. The molecule has 0 saturated carbocycles. The van der Waals surface area contributed by atoms with Gasteiger partial charge in [0.15, 0.2) is 0 Å². The van der Waals surface area contributed by atoms with Crippen molar-refractivity contribution in [3.8, 4) is 45.5 Å². The number of nitriles is 2. The highest BCUT2D eigenvalue weighted by Crippen LogP contribution is 2.48. The maximum atomic E-state index is 14.9. The maximum Gasteiger partial charge on any atom is 0.238 e. The lowest BCUT2D eigenvalue weighted by Crippen LogP contribution is -2.15. The van der Waals surface area contributed by atoms with E-state index in [1.54, 1.807) is 41.3 Å². The molecule has 0 radical (unpaired) electrons. The minimum Gasteiger partial charge on any atom is -0.311 e. The lowest BCUT2D eigenvalue weighted by atomic mass is 9.90. The number of halogens is 5. The van der Waals surface area contributed by atoms with E-state index in [1.807, 2.05) is 105 Å². The van der Waals surface area contributed by atoms with E-state index in [2.05, 4.69) is 291 Å². The van der Waals surface area contributed by atoms with Crippen molar-refractivity contribution in [2.45, 2.75) is 13.8 Å². The normalized spacial score (nSPS) is 11.4. The van der Waals surface area contributed by atoms with Crippen molar-refractivity contribution in [3.05, 3.63) is 394 Å². The molecule has 21 rings (SSSR count). The molecule has 0 bridgehead atoms. The van der Waals surface area contributed by atoms with E-state index in [4.69, 9.17) is 0 Å². The summed E-state index contributed by atoms with van der Waals surface area (Å²) in [5.41, 5.74) is 14.2. The molecule has 0 saturated heterocycles. The van der Waals surface area contributed by atoms with E-state index < -0.39 is 11.6 Å². The van der Waals surface area contributed by atoms with Crippen molar-refractivity contribution in [1.29, 1.82) is 10.5 Å². The first-order valence-electron chi connectivity index (χ1n) is 37.8. The summed E-state index contributed by atoms with van der Waals surface area (Å²) in [6.45, 7) is 3.80. The smallest absolute Gasteiger partial charge is 0.238 e. The van der Waals surface area contributed by atoms with Gasteiger partial charge in [-0.05, 0) is 284 Å². The first-order chi connectivity index (χ1) is 56.8. The summed E-state index contributed by atoms with van der Waals surface area (Å²) in [6.07, 6.45) is 0. The van der Waals surface area contributed by atoms with Crippen molar-refractivity contribution in [2.75, 3.05) is 14.7 Å². The van der Waals surface area contributed by atoms with Gasteiger partial charge < -0.3 is 9.80 Å². The fraction of sp³-hybridized carbons (Fsp3) is 0.0194. The zero-order valence-electron chi connectivity index (χ0n) is 62.4. The molecule has 550 valence electrons. The van der Waals surface area contributed by atoms with Crippen molar-refractivity contribution >= 4 is 196 Å². The SMILES string of the molecule is Cc1nc(C)nc(N(c2ccccc2)c2ccc(-c3ccc4ccc5c(Br)ccc6ccc3c4c65)cc2)n1.Fc1ccccc1N(c1ccc(-c2ccc3ccc4c(Br)ccc5ccc2c3c54)cc1)c1ccccc1F.N#Cc1ccc(N(c2ccc(C#N)cc2)c2ccc(-c3ccc4ccc5c(Br)ccc6ccc3c4c65)cc2)cc1. The molecule has 0 aliphatic heterocycles. The number of para-hydroxylation sites is 3. The predicted octanol–water partition coefficient (Wildman–Crippen LogP) is 30.3. The summed E-state index contributed by atoms with van der Waals surface area (Å²) in [5, 5.41) is 41.0. The van der Waals surface area contributed by atoms with Crippen LogP contribution in [0.2, 0.25) is 0 Å². The Bertz CT molecular complexity index is 7320. The van der Waals surface area contributed by atoms with Gasteiger partial charge in [0.2, 0.25) is 5.95 Å². The molecule has 8 nitrogen and oxygen atoms in total. The molecule has 1 heterocycles. The Morgan fingerprint density at radius 3 is 0.862 bits per heavy atom. The van der Waals surface area contributed by atoms with Crippen LogP contribution < -0.4 is 14.7 Å². The van der Waals surface area contributed by atoms with Gasteiger partial charge in [0.1, 0.15) is 23.3 Å². The van der Waals surface area contributed by atoms with Gasteiger partial charge in [-0.2, -0.15) is 20.5 Å². The molecule has 0 aliphatic rings. The van der Waals surface area contributed by atoms with Crippen molar-refractivity contribution < 1.29 is 8.78 Å². The van der Waals surface area contributed by atoms with Crippen LogP contribution in [0.15, 0.2) is 359 Å². The van der Waals surface area contributed by atoms with Crippen molar-refractivity contribution in [3.63, 3.8) is 0 Å². The van der Waals surface area contributed by atoms with Crippen LogP contribution in [0, 0.1) is 48.1 Å². The van der Waals surface area contributed by atoms with Crippen LogP contribution in [-0.4, -0.2) is 15.0 Å². The van der Waals surface area contributed by atoms with E-state index >= 15 is 0 Å². The quantitative estimate of drug-likeness (QED) is 0.112. The molecule has 0 spiro atoms. The van der Waals surface area contributed by atoms with Gasteiger partial charge in [-0.3, -0.25) is 4.90 Å². The van der Waals surface area contributed by atoms with Crippen molar-refractivity contribution in [2.24, 2.45) is 0 Å². The molecule has 0 atom stereocenters. The Balaban J connectivity index is 0.000000116. The van der Waals surface area contributed by atoms with Crippen LogP contribution >= 0.6 is 47.8 Å². The minimum absolute atomic E-state index is 0.290. The van der Waals surface area contributed by atoms with Gasteiger partial charge in [-0.15, -0.1) is 0 Å². The highest BCUT2D eigenvalue weighted by molar-refractivity contribution is 9.11. The Hall–Kier alpha value is -13.8. The van der Waals surface area contributed by atoms with Gasteiger partial charge in [0.05, 0.1) is 34.6 Å². The van der Waals surface area contributed by atoms with E-state index in [-0.39, 0.29) is 0 Å². The first-order valence-corrected chi connectivity index (χ1v) is 40.2. The largest absolute Gasteiger partial charge is 0.311 e. The van der Waals surface area contributed by atoms with Crippen LogP contribution in [-0.2, 0) is 0 Å². The zero-order chi connectivity index (χ0) is 78.8. The monoisotopic (exact) mass is 1690 g/mol. The molecule has 1 aromatic heterocycles. The summed E-state index contributed by atoms with van der Waals surface area (Å²) < 4.78 is 33.2. The average Bonchev–Trinajstić information content (AvgIpc) is 0.738. The Morgan fingerprint density at radius 1 is 0.259 bits per heavy atom. The predicted molar refractivity (Wildman–Crippen MR) is 486 cm³/mol. The van der Waals surface area contributed by atoms with E-state index in [1.165, 1.54) is 126 Å². The summed E-state index contributed by atoms with van der Waals surface area (Å²) in [4.78, 5) is 19.5. The third-order valence-electron chi connectivity index (χ3n) is 21.9. The van der Waals surface area contributed by atoms with E-state index in [0.29, 0.717) is 45.8 Å². The van der Waals surface area contributed by atoms with E-state index in [0.717, 1.165) is 58.5 Å². The molecule has 0 amide bonds. The Morgan fingerprint density at radius 2 is 0.526 bits per heavy atom. The van der Waals surface area contributed by atoms with Crippen LogP contribution in [0.25, 0.3) is 130 Å². The number of hydrogen-bond acceptors (Lipinski definition) is 8. The third kappa shape index (κ3) is 13.1. The fourth-order valence-electron chi connectivity index (χ4n) is 16.6. The second-order valence-electron chi connectivity index (χ2n) is 28.7. The number of aromatic nitrogens is 3. The Kier molecular flexibility index (Phi) is 18.9. The second kappa shape index (κ2) is 30.3. The highest BCUT2D eigenvalue weighted by atomic mass is 79.9. The second-order valence-corrected chi connectivity index (χ2v) is 31.2. The Labute approximate surface area is 692 Å². The van der Waals surface area contributed by atoms with E-state index in [9.17, 15) is 19.3 Å². The minimum atomic E-state index is -0.419. The number of aryl methyl sites for hydroxylation is 2. The average molecular weight is 1690 g/mol. The number of anilines is 9. The van der Waals surface area contributed by atoms with Gasteiger partial charge in [0, 0.05) is 47.5 Å². The van der Waals surface area contributed by atoms with Crippen LogP contribution in [0.5, 0.6) is 0 Å². The maximum absolute atomic E-state index is 14.9. The van der Waals surface area contributed by atoms with Crippen molar-refractivity contribution in [1.82, 2.24) is 15.0 Å². The highest BCUT2D eigenvalue weighted by Gasteiger charge is 2.24. The number of hydrogen-bond donors (Lipinski definition) is 0. The molecular formula is C103H63Br3F2N8. The lowest BCUT2D eigenvalue weighted by Gasteiger charge is -2.26. The molecule has 0 fully saturated rings. The summed E-state index contributed by atoms with van der Waals surface area (Å²) in [6, 6.07) is 120. The molecular weight excluding hydrogens is 1630 g/mol. The van der Waals surface area contributed by atoms with Crippen LogP contribution in [0.1, 0.15) is 22.8 Å². The molecule has 0 N–H and O–H groups in total.